The van der Waals surface area contributed by atoms with Gasteiger partial charge in [0, 0.05) is 15.1 Å². The summed E-state index contributed by atoms with van der Waals surface area (Å²) in [5.41, 5.74) is 6.45. The third-order valence-electron chi connectivity index (χ3n) is 2.12. The average Bonchev–Trinajstić information content (AvgIpc) is 2.63. The second kappa shape index (κ2) is 4.97. The van der Waals surface area contributed by atoms with E-state index in [2.05, 4.69) is 15.9 Å². The molecule has 0 fully saturated rings. The molecule has 0 aliphatic carbocycles. The minimum absolute atomic E-state index is 0.769. The molecule has 0 bridgehead atoms. The average molecular weight is 298 g/mol. The van der Waals surface area contributed by atoms with Crippen molar-refractivity contribution in [3.8, 4) is 0 Å². The van der Waals surface area contributed by atoms with Crippen LogP contribution in [0, 0.1) is 6.92 Å². The number of hydrogen-bond donors (Lipinski definition) is 1. The van der Waals surface area contributed by atoms with E-state index in [0.29, 0.717) is 0 Å². The lowest BCUT2D eigenvalue weighted by atomic mass is 10.3. The summed E-state index contributed by atoms with van der Waals surface area (Å²) >= 11 is 5.22. The van der Waals surface area contributed by atoms with Gasteiger partial charge < -0.3 is 10.2 Å². The predicted molar refractivity (Wildman–Crippen MR) is 71.6 cm³/mol. The highest BCUT2D eigenvalue weighted by atomic mass is 79.9. The van der Waals surface area contributed by atoms with Gasteiger partial charge in [0.25, 0.3) is 0 Å². The summed E-state index contributed by atoms with van der Waals surface area (Å²) in [6, 6.07) is 9.82. The van der Waals surface area contributed by atoms with Gasteiger partial charge in [-0.1, -0.05) is 0 Å². The van der Waals surface area contributed by atoms with E-state index >= 15 is 0 Å². The summed E-state index contributed by atoms with van der Waals surface area (Å²) in [7, 11) is 0. The molecule has 16 heavy (non-hydrogen) atoms. The van der Waals surface area contributed by atoms with Crippen molar-refractivity contribution in [2.45, 2.75) is 17.6 Å². The van der Waals surface area contributed by atoms with Crippen molar-refractivity contribution in [2.24, 2.45) is 0 Å². The molecule has 0 amide bonds. The molecule has 0 atom stereocenters. The number of halogens is 1. The van der Waals surface area contributed by atoms with Crippen LogP contribution in [0.4, 0.5) is 5.69 Å². The molecule has 2 N–H and O–H groups in total. The molecular formula is C12H12BrNOS. The third-order valence-corrected chi connectivity index (χ3v) is 4.14. The highest BCUT2D eigenvalue weighted by molar-refractivity contribution is 9.10. The number of aryl methyl sites for hydroxylation is 1. The quantitative estimate of drug-likeness (QED) is 0.681. The van der Waals surface area contributed by atoms with Crippen LogP contribution in [-0.2, 0) is 5.75 Å². The van der Waals surface area contributed by atoms with Gasteiger partial charge in [-0.15, -0.1) is 11.8 Å². The summed E-state index contributed by atoms with van der Waals surface area (Å²) in [4.78, 5) is 1.17. The maximum atomic E-state index is 5.68. The summed E-state index contributed by atoms with van der Waals surface area (Å²) in [5.74, 6) is 2.77. The van der Waals surface area contributed by atoms with Crippen molar-refractivity contribution in [3.63, 3.8) is 0 Å². The Morgan fingerprint density at radius 2 is 2.12 bits per heavy atom. The molecule has 1 aromatic carbocycles. The molecule has 0 radical (unpaired) electrons. The third kappa shape index (κ3) is 2.83. The van der Waals surface area contributed by atoms with Crippen LogP contribution >= 0.6 is 27.7 Å². The Hall–Kier alpha value is -0.870. The van der Waals surface area contributed by atoms with E-state index in [-0.39, 0.29) is 0 Å². The normalized spacial score (nSPS) is 10.6. The van der Waals surface area contributed by atoms with E-state index in [4.69, 9.17) is 10.2 Å². The smallest absolute Gasteiger partial charge is 0.114 e. The van der Waals surface area contributed by atoms with E-state index in [1.807, 2.05) is 37.3 Å². The Balaban J connectivity index is 2.04. The zero-order valence-electron chi connectivity index (χ0n) is 8.87. The van der Waals surface area contributed by atoms with Crippen LogP contribution in [0.25, 0.3) is 0 Å². The highest BCUT2D eigenvalue weighted by Crippen LogP contribution is 2.31. The predicted octanol–water partition coefficient (Wildman–Crippen LogP) is 4.23. The van der Waals surface area contributed by atoms with Gasteiger partial charge in [-0.2, -0.15) is 0 Å². The van der Waals surface area contributed by atoms with Crippen molar-refractivity contribution in [1.29, 1.82) is 0 Å². The van der Waals surface area contributed by atoms with Crippen molar-refractivity contribution >= 4 is 33.4 Å². The molecule has 4 heteroatoms. The maximum Gasteiger partial charge on any atom is 0.114 e. The molecule has 0 unspecified atom stereocenters. The SMILES string of the molecule is Cc1ccc(CSc2ccc(N)cc2Br)o1. The number of nitrogen functional groups attached to an aromatic ring is 1. The molecule has 0 saturated carbocycles. The molecule has 84 valence electrons. The fraction of sp³-hybridized carbons (Fsp3) is 0.167. The Morgan fingerprint density at radius 1 is 1.31 bits per heavy atom. The Morgan fingerprint density at radius 3 is 2.75 bits per heavy atom. The zero-order valence-corrected chi connectivity index (χ0v) is 11.3. The van der Waals surface area contributed by atoms with E-state index in [0.717, 1.165) is 27.4 Å². The molecule has 1 aromatic heterocycles. The van der Waals surface area contributed by atoms with Crippen LogP contribution in [0.5, 0.6) is 0 Å². The van der Waals surface area contributed by atoms with E-state index in [1.165, 1.54) is 4.90 Å². The van der Waals surface area contributed by atoms with Gasteiger partial charge in [-0.25, -0.2) is 0 Å². The molecule has 0 spiro atoms. The summed E-state index contributed by atoms with van der Waals surface area (Å²) < 4.78 is 6.54. The van der Waals surface area contributed by atoms with E-state index in [1.54, 1.807) is 11.8 Å². The number of furan rings is 1. The highest BCUT2D eigenvalue weighted by Gasteiger charge is 2.04. The van der Waals surface area contributed by atoms with Gasteiger partial charge in [-0.05, 0) is 53.2 Å². The lowest BCUT2D eigenvalue weighted by Crippen LogP contribution is -1.85. The molecule has 1 heterocycles. The van der Waals surface area contributed by atoms with Crippen molar-refractivity contribution in [1.82, 2.24) is 0 Å². The minimum Gasteiger partial charge on any atom is -0.465 e. The van der Waals surface area contributed by atoms with Crippen LogP contribution in [0.15, 0.2) is 44.1 Å². The van der Waals surface area contributed by atoms with E-state index < -0.39 is 0 Å². The topological polar surface area (TPSA) is 39.2 Å². The first kappa shape index (κ1) is 11.6. The Bertz CT molecular complexity index is 496. The molecule has 2 aromatic rings. The summed E-state index contributed by atoms with van der Waals surface area (Å²) in [6.45, 7) is 1.95. The first-order valence-electron chi connectivity index (χ1n) is 4.88. The van der Waals surface area contributed by atoms with Gasteiger partial charge >= 0.3 is 0 Å². The summed E-state index contributed by atoms with van der Waals surface area (Å²) in [6.07, 6.45) is 0. The lowest BCUT2D eigenvalue weighted by Gasteiger charge is -2.03. The first-order valence-corrected chi connectivity index (χ1v) is 6.66. The number of anilines is 1. The lowest BCUT2D eigenvalue weighted by molar-refractivity contribution is 0.501. The molecule has 0 saturated heterocycles. The minimum atomic E-state index is 0.769. The van der Waals surface area contributed by atoms with Crippen LogP contribution in [0.1, 0.15) is 11.5 Å². The summed E-state index contributed by atoms with van der Waals surface area (Å²) in [5, 5.41) is 0. The van der Waals surface area contributed by atoms with Crippen molar-refractivity contribution in [2.75, 3.05) is 5.73 Å². The number of nitrogens with two attached hydrogens (primary N) is 1. The standard InChI is InChI=1S/C12H12BrNOS/c1-8-2-4-10(15-8)7-16-12-5-3-9(14)6-11(12)13/h2-6H,7,14H2,1H3. The monoisotopic (exact) mass is 297 g/mol. The number of hydrogen-bond acceptors (Lipinski definition) is 3. The number of thioether (sulfide) groups is 1. The molecule has 2 nitrogen and oxygen atoms in total. The largest absolute Gasteiger partial charge is 0.465 e. The van der Waals surface area contributed by atoms with Crippen LogP contribution in [0.2, 0.25) is 0 Å². The fourth-order valence-corrected chi connectivity index (χ4v) is 2.90. The van der Waals surface area contributed by atoms with Crippen LogP contribution < -0.4 is 5.73 Å². The number of benzene rings is 1. The van der Waals surface area contributed by atoms with Gasteiger partial charge in [0.05, 0.1) is 5.75 Å². The van der Waals surface area contributed by atoms with Gasteiger partial charge in [0.2, 0.25) is 0 Å². The van der Waals surface area contributed by atoms with Crippen molar-refractivity contribution < 1.29 is 4.42 Å². The first-order chi connectivity index (χ1) is 7.65. The number of rotatable bonds is 3. The Kier molecular flexibility index (Phi) is 3.61. The van der Waals surface area contributed by atoms with Gasteiger partial charge in [-0.3, -0.25) is 0 Å². The zero-order chi connectivity index (χ0) is 11.5. The molecule has 0 aliphatic heterocycles. The van der Waals surface area contributed by atoms with Crippen LogP contribution in [0.3, 0.4) is 0 Å². The Labute approximate surface area is 107 Å². The van der Waals surface area contributed by atoms with Gasteiger partial charge in [0.1, 0.15) is 11.5 Å². The maximum absolute atomic E-state index is 5.68. The molecule has 2 rings (SSSR count). The van der Waals surface area contributed by atoms with Crippen molar-refractivity contribution in [3.05, 3.63) is 46.3 Å². The second-order valence-corrected chi connectivity index (χ2v) is 5.36. The van der Waals surface area contributed by atoms with Crippen LogP contribution in [-0.4, -0.2) is 0 Å². The molecule has 0 aliphatic rings. The molecular weight excluding hydrogens is 286 g/mol. The second-order valence-electron chi connectivity index (χ2n) is 3.49. The fourth-order valence-electron chi connectivity index (χ4n) is 1.35. The van der Waals surface area contributed by atoms with E-state index in [9.17, 15) is 0 Å². The van der Waals surface area contributed by atoms with Gasteiger partial charge in [0.15, 0.2) is 0 Å².